The lowest BCUT2D eigenvalue weighted by molar-refractivity contribution is -0.118. The van der Waals surface area contributed by atoms with Gasteiger partial charge in [0.1, 0.15) is 5.25 Å². The van der Waals surface area contributed by atoms with Gasteiger partial charge in [0, 0.05) is 18.8 Å². The van der Waals surface area contributed by atoms with Crippen molar-refractivity contribution in [1.82, 2.24) is 0 Å². The third-order valence-corrected chi connectivity index (χ3v) is 6.82. The first-order chi connectivity index (χ1) is 11.0. The molecule has 2 aliphatic rings. The fourth-order valence-corrected chi connectivity index (χ4v) is 4.82. The van der Waals surface area contributed by atoms with E-state index in [9.17, 15) is 13.2 Å². The van der Waals surface area contributed by atoms with Crippen molar-refractivity contribution in [1.29, 1.82) is 0 Å². The van der Waals surface area contributed by atoms with E-state index in [0.717, 1.165) is 36.9 Å². The van der Waals surface area contributed by atoms with Gasteiger partial charge in [-0.1, -0.05) is 18.2 Å². The molecule has 0 spiro atoms. The number of carbonyl (C=O) groups excluding carboxylic acids is 1. The van der Waals surface area contributed by atoms with E-state index in [4.69, 9.17) is 4.74 Å². The van der Waals surface area contributed by atoms with Crippen molar-refractivity contribution in [2.24, 2.45) is 0 Å². The monoisotopic (exact) mass is 337 g/mol. The van der Waals surface area contributed by atoms with Crippen molar-refractivity contribution in [2.75, 3.05) is 23.8 Å². The number of hydrogen-bond acceptors (Lipinski definition) is 4. The van der Waals surface area contributed by atoms with Crippen LogP contribution < -0.4 is 4.90 Å². The third kappa shape index (κ3) is 3.43. The lowest BCUT2D eigenvalue weighted by Gasteiger charge is -2.31. The second-order valence-corrected chi connectivity index (χ2v) is 8.70. The second-order valence-electron chi connectivity index (χ2n) is 6.33. The first-order valence-electron chi connectivity index (χ1n) is 8.21. The van der Waals surface area contributed by atoms with Crippen molar-refractivity contribution in [3.63, 3.8) is 0 Å². The Balaban J connectivity index is 1.77. The standard InChI is InChI=1S/C17H23NO4S/c1-13(23(20,21)12-15-8-5-11-22-15)17(19)18-10-4-7-14-6-2-3-9-16(14)18/h2-3,6,9,13,15H,4-5,7-8,10-12H2,1H3/t13-,15+/m0/s1. The highest BCUT2D eigenvalue weighted by molar-refractivity contribution is 7.92. The van der Waals surface area contributed by atoms with Crippen LogP contribution in [-0.4, -0.2) is 44.6 Å². The van der Waals surface area contributed by atoms with E-state index in [0.29, 0.717) is 13.2 Å². The molecule has 0 radical (unpaired) electrons. The lowest BCUT2D eigenvalue weighted by atomic mass is 10.0. The van der Waals surface area contributed by atoms with Crippen LogP contribution in [0.4, 0.5) is 5.69 Å². The molecule has 1 fully saturated rings. The summed E-state index contributed by atoms with van der Waals surface area (Å²) in [5, 5.41) is -1.03. The zero-order chi connectivity index (χ0) is 16.4. The van der Waals surface area contributed by atoms with Gasteiger partial charge in [-0.25, -0.2) is 8.42 Å². The number of amides is 1. The number of anilines is 1. The minimum absolute atomic E-state index is 0.0601. The SMILES string of the molecule is C[C@@H](C(=O)N1CCCc2ccccc21)S(=O)(=O)C[C@H]1CCCO1. The van der Waals surface area contributed by atoms with Gasteiger partial charge < -0.3 is 9.64 Å². The Morgan fingerprint density at radius 1 is 1.35 bits per heavy atom. The van der Waals surface area contributed by atoms with E-state index in [1.807, 2.05) is 24.3 Å². The zero-order valence-corrected chi connectivity index (χ0v) is 14.2. The predicted octanol–water partition coefficient (Wildman–Crippen LogP) is 1.95. The molecule has 0 aliphatic carbocycles. The number of carbonyl (C=O) groups is 1. The molecule has 1 saturated heterocycles. The van der Waals surface area contributed by atoms with Gasteiger partial charge >= 0.3 is 0 Å². The van der Waals surface area contributed by atoms with Crippen molar-refractivity contribution < 1.29 is 17.9 Å². The third-order valence-electron chi connectivity index (χ3n) is 4.70. The van der Waals surface area contributed by atoms with Crippen LogP contribution in [0.1, 0.15) is 31.7 Å². The molecule has 3 rings (SSSR count). The molecule has 0 bridgehead atoms. The summed E-state index contributed by atoms with van der Waals surface area (Å²) in [6, 6.07) is 7.73. The molecule has 2 aliphatic heterocycles. The summed E-state index contributed by atoms with van der Waals surface area (Å²) in [6.07, 6.45) is 3.18. The summed E-state index contributed by atoms with van der Waals surface area (Å²) in [6.45, 7) is 2.70. The van der Waals surface area contributed by atoms with Crippen LogP contribution in [0.2, 0.25) is 0 Å². The molecule has 1 aromatic carbocycles. The quantitative estimate of drug-likeness (QED) is 0.842. The Kier molecular flexibility index (Phi) is 4.73. The number of hydrogen-bond donors (Lipinski definition) is 0. The average Bonchev–Trinajstić information content (AvgIpc) is 3.05. The highest BCUT2D eigenvalue weighted by Crippen LogP contribution is 2.28. The van der Waals surface area contributed by atoms with Gasteiger partial charge in [0.2, 0.25) is 5.91 Å². The van der Waals surface area contributed by atoms with Crippen LogP contribution in [0.3, 0.4) is 0 Å². The van der Waals surface area contributed by atoms with E-state index >= 15 is 0 Å². The van der Waals surface area contributed by atoms with Gasteiger partial charge in [-0.2, -0.15) is 0 Å². The maximum atomic E-state index is 12.8. The van der Waals surface area contributed by atoms with E-state index in [1.54, 1.807) is 4.90 Å². The second kappa shape index (κ2) is 6.61. The number of fused-ring (bicyclic) bond motifs is 1. The summed E-state index contributed by atoms with van der Waals surface area (Å²) in [5.74, 6) is -0.384. The fraction of sp³-hybridized carbons (Fsp3) is 0.588. The first-order valence-corrected chi connectivity index (χ1v) is 9.93. The van der Waals surface area contributed by atoms with Crippen LogP contribution in [0.5, 0.6) is 0 Å². The van der Waals surface area contributed by atoms with Gasteiger partial charge in [0.25, 0.3) is 0 Å². The van der Waals surface area contributed by atoms with E-state index in [-0.39, 0.29) is 17.8 Å². The molecular weight excluding hydrogens is 314 g/mol. The molecular formula is C17H23NO4S. The van der Waals surface area contributed by atoms with E-state index in [1.165, 1.54) is 6.92 Å². The summed E-state index contributed by atoms with van der Waals surface area (Å²) in [4.78, 5) is 14.4. The number of para-hydroxylation sites is 1. The van der Waals surface area contributed by atoms with Crippen LogP contribution >= 0.6 is 0 Å². The highest BCUT2D eigenvalue weighted by Gasteiger charge is 2.36. The maximum Gasteiger partial charge on any atom is 0.245 e. The van der Waals surface area contributed by atoms with Gasteiger partial charge in [0.05, 0.1) is 11.9 Å². The Bertz CT molecular complexity index is 680. The normalized spacial score (nSPS) is 22.7. The number of benzene rings is 1. The zero-order valence-electron chi connectivity index (χ0n) is 13.4. The number of sulfone groups is 1. The van der Waals surface area contributed by atoms with Gasteiger partial charge in [0.15, 0.2) is 9.84 Å². The minimum Gasteiger partial charge on any atom is -0.377 e. The number of rotatable bonds is 4. The molecule has 0 N–H and O–H groups in total. The minimum atomic E-state index is -3.51. The Morgan fingerprint density at radius 2 is 2.13 bits per heavy atom. The highest BCUT2D eigenvalue weighted by atomic mass is 32.2. The van der Waals surface area contributed by atoms with Crippen LogP contribution in [0, 0.1) is 0 Å². The van der Waals surface area contributed by atoms with Crippen molar-refractivity contribution in [2.45, 2.75) is 44.0 Å². The number of aryl methyl sites for hydroxylation is 1. The smallest absolute Gasteiger partial charge is 0.245 e. The molecule has 6 heteroatoms. The molecule has 0 saturated carbocycles. The molecule has 5 nitrogen and oxygen atoms in total. The van der Waals surface area contributed by atoms with Crippen molar-refractivity contribution in [3.05, 3.63) is 29.8 Å². The van der Waals surface area contributed by atoms with Crippen LogP contribution in [-0.2, 0) is 25.8 Å². The van der Waals surface area contributed by atoms with Gasteiger partial charge in [-0.05, 0) is 44.2 Å². The summed E-state index contributed by atoms with van der Waals surface area (Å²) < 4.78 is 30.5. The van der Waals surface area contributed by atoms with Gasteiger partial charge in [-0.15, -0.1) is 0 Å². The van der Waals surface area contributed by atoms with Crippen molar-refractivity contribution >= 4 is 21.4 Å². The van der Waals surface area contributed by atoms with E-state index in [2.05, 4.69) is 0 Å². The Labute approximate surface area is 137 Å². The predicted molar refractivity (Wildman–Crippen MR) is 89.3 cm³/mol. The average molecular weight is 337 g/mol. The lowest BCUT2D eigenvalue weighted by Crippen LogP contribution is -2.45. The molecule has 23 heavy (non-hydrogen) atoms. The molecule has 0 aromatic heterocycles. The van der Waals surface area contributed by atoms with Crippen LogP contribution in [0.25, 0.3) is 0 Å². The van der Waals surface area contributed by atoms with Gasteiger partial charge in [-0.3, -0.25) is 4.79 Å². The topological polar surface area (TPSA) is 63.7 Å². The summed E-state index contributed by atoms with van der Waals surface area (Å²) in [5.41, 5.74) is 1.96. The molecule has 1 amide bonds. The van der Waals surface area contributed by atoms with Crippen LogP contribution in [0.15, 0.2) is 24.3 Å². The largest absolute Gasteiger partial charge is 0.377 e. The number of ether oxygens (including phenoxy) is 1. The molecule has 1 aromatic rings. The molecule has 0 unspecified atom stereocenters. The maximum absolute atomic E-state index is 12.8. The summed E-state index contributed by atoms with van der Waals surface area (Å²) >= 11 is 0. The molecule has 126 valence electrons. The van der Waals surface area contributed by atoms with E-state index < -0.39 is 15.1 Å². The Morgan fingerprint density at radius 3 is 2.87 bits per heavy atom. The Hall–Kier alpha value is -1.40. The molecule has 2 heterocycles. The summed E-state index contributed by atoms with van der Waals surface area (Å²) in [7, 11) is -3.51. The fourth-order valence-electron chi connectivity index (χ4n) is 3.31. The van der Waals surface area contributed by atoms with Crippen molar-refractivity contribution in [3.8, 4) is 0 Å². The first kappa shape index (κ1) is 16.5. The number of nitrogens with zero attached hydrogens (tertiary/aromatic N) is 1. The molecule has 2 atom stereocenters.